The molecule has 5 nitrogen and oxygen atoms in total. The molecule has 1 amide bonds. The van der Waals surface area contributed by atoms with Crippen LogP contribution in [-0.2, 0) is 7.05 Å². The average Bonchev–Trinajstić information content (AvgIpc) is 2.83. The molecule has 2 aromatic carbocycles. The highest BCUT2D eigenvalue weighted by Crippen LogP contribution is 2.22. The second kappa shape index (κ2) is 5.05. The van der Waals surface area contributed by atoms with Gasteiger partial charge in [-0.3, -0.25) is 10.00 Å². The van der Waals surface area contributed by atoms with Gasteiger partial charge in [-0.2, -0.15) is 5.10 Å². The quantitative estimate of drug-likeness (QED) is 0.775. The maximum Gasteiger partial charge on any atom is 0.417 e. The molecular weight excluding hydrogens is 254 g/mol. The number of para-hydroxylation sites is 1. The summed E-state index contributed by atoms with van der Waals surface area (Å²) in [6.45, 7) is 0. The van der Waals surface area contributed by atoms with Gasteiger partial charge in [0.25, 0.3) is 0 Å². The van der Waals surface area contributed by atoms with Gasteiger partial charge in [0.15, 0.2) is 0 Å². The Morgan fingerprint density at radius 1 is 1.15 bits per heavy atom. The molecule has 0 saturated carbocycles. The molecule has 5 heteroatoms. The zero-order valence-electron chi connectivity index (χ0n) is 10.9. The van der Waals surface area contributed by atoms with Crippen molar-refractivity contribution in [3.05, 3.63) is 54.7 Å². The third kappa shape index (κ3) is 2.33. The molecule has 0 aliphatic carbocycles. The lowest BCUT2D eigenvalue weighted by Gasteiger charge is -2.07. The van der Waals surface area contributed by atoms with E-state index in [-0.39, 0.29) is 0 Å². The number of fused-ring (bicyclic) bond motifs is 1. The lowest BCUT2D eigenvalue weighted by Crippen LogP contribution is -2.16. The van der Waals surface area contributed by atoms with Crippen LogP contribution >= 0.6 is 0 Å². The van der Waals surface area contributed by atoms with Crippen LogP contribution in [0.25, 0.3) is 10.9 Å². The van der Waals surface area contributed by atoms with Crippen molar-refractivity contribution in [2.24, 2.45) is 7.05 Å². The van der Waals surface area contributed by atoms with Gasteiger partial charge in [0.05, 0.1) is 17.4 Å². The first-order valence-corrected chi connectivity index (χ1v) is 6.18. The number of amides is 1. The van der Waals surface area contributed by atoms with Crippen LogP contribution in [-0.4, -0.2) is 15.9 Å². The lowest BCUT2D eigenvalue weighted by atomic mass is 10.2. The van der Waals surface area contributed by atoms with Crippen LogP contribution in [0.1, 0.15) is 0 Å². The fourth-order valence-corrected chi connectivity index (χ4v) is 2.02. The normalized spacial score (nSPS) is 10.4. The molecule has 0 fully saturated rings. The Hall–Kier alpha value is -2.82. The molecule has 1 N–H and O–H groups in total. The summed E-state index contributed by atoms with van der Waals surface area (Å²) in [5.74, 6) is 0.503. The molecule has 0 saturated heterocycles. The third-order valence-electron chi connectivity index (χ3n) is 2.98. The van der Waals surface area contributed by atoms with Crippen molar-refractivity contribution in [2.45, 2.75) is 0 Å². The fourth-order valence-electron chi connectivity index (χ4n) is 2.02. The van der Waals surface area contributed by atoms with E-state index in [2.05, 4.69) is 10.4 Å². The number of rotatable bonds is 2. The zero-order valence-corrected chi connectivity index (χ0v) is 10.9. The van der Waals surface area contributed by atoms with E-state index in [1.54, 1.807) is 23.0 Å². The highest BCUT2D eigenvalue weighted by Gasteiger charge is 2.09. The Labute approximate surface area is 115 Å². The first-order chi connectivity index (χ1) is 9.74. The maximum atomic E-state index is 11.9. The van der Waals surface area contributed by atoms with Gasteiger partial charge < -0.3 is 4.74 Å². The summed E-state index contributed by atoms with van der Waals surface area (Å²) in [5.41, 5.74) is 1.62. The minimum Gasteiger partial charge on any atom is -0.410 e. The largest absolute Gasteiger partial charge is 0.417 e. The van der Waals surface area contributed by atoms with Crippen molar-refractivity contribution < 1.29 is 9.53 Å². The molecule has 20 heavy (non-hydrogen) atoms. The Morgan fingerprint density at radius 2 is 1.95 bits per heavy atom. The molecule has 0 spiro atoms. The second-order valence-electron chi connectivity index (χ2n) is 4.33. The summed E-state index contributed by atoms with van der Waals surface area (Å²) in [7, 11) is 1.86. The predicted molar refractivity (Wildman–Crippen MR) is 76.8 cm³/mol. The van der Waals surface area contributed by atoms with Crippen LogP contribution in [0.4, 0.5) is 10.5 Å². The molecule has 1 aromatic heterocycles. The number of hydrogen-bond donors (Lipinski definition) is 1. The highest BCUT2D eigenvalue weighted by molar-refractivity contribution is 5.99. The van der Waals surface area contributed by atoms with Crippen LogP contribution in [0.3, 0.4) is 0 Å². The second-order valence-corrected chi connectivity index (χ2v) is 4.33. The fraction of sp³-hybridized carbons (Fsp3) is 0.0667. The van der Waals surface area contributed by atoms with E-state index >= 15 is 0 Å². The average molecular weight is 267 g/mol. The molecule has 0 aliphatic rings. The Balaban J connectivity index is 1.81. The Kier molecular flexibility index (Phi) is 3.09. The molecule has 0 atom stereocenters. The number of anilines is 1. The van der Waals surface area contributed by atoms with Crippen LogP contribution in [0, 0.1) is 0 Å². The maximum absolute atomic E-state index is 11.9. The van der Waals surface area contributed by atoms with Gasteiger partial charge in [-0.1, -0.05) is 24.3 Å². The molecule has 0 aliphatic heterocycles. The molecular formula is C15H13N3O2. The first-order valence-electron chi connectivity index (χ1n) is 6.18. The van der Waals surface area contributed by atoms with Crippen molar-refractivity contribution in [1.29, 1.82) is 0 Å². The van der Waals surface area contributed by atoms with Crippen LogP contribution in [0.2, 0.25) is 0 Å². The van der Waals surface area contributed by atoms with Gasteiger partial charge in [-0.05, 0) is 24.3 Å². The van der Waals surface area contributed by atoms with Crippen molar-refractivity contribution in [2.75, 3.05) is 5.32 Å². The van der Waals surface area contributed by atoms with Gasteiger partial charge in [-0.25, -0.2) is 4.79 Å². The summed E-state index contributed by atoms with van der Waals surface area (Å²) in [4.78, 5) is 11.9. The van der Waals surface area contributed by atoms with E-state index in [0.29, 0.717) is 11.4 Å². The summed E-state index contributed by atoms with van der Waals surface area (Å²) < 4.78 is 6.95. The van der Waals surface area contributed by atoms with E-state index in [1.165, 1.54) is 0 Å². The summed E-state index contributed by atoms with van der Waals surface area (Å²) in [5, 5.41) is 7.78. The predicted octanol–water partition coefficient (Wildman–Crippen LogP) is 3.18. The number of hydrogen-bond acceptors (Lipinski definition) is 3. The number of aromatic nitrogens is 2. The van der Waals surface area contributed by atoms with E-state index in [0.717, 1.165) is 10.9 Å². The standard InChI is InChI=1S/C15H13N3O2/c1-18-14-9-5-8-13(12(14)10-16-18)17-15(19)20-11-6-3-2-4-7-11/h2-10H,1H3,(H,17,19). The van der Waals surface area contributed by atoms with E-state index in [4.69, 9.17) is 4.74 Å². The van der Waals surface area contributed by atoms with E-state index in [9.17, 15) is 4.79 Å². The number of carbonyl (C=O) groups is 1. The van der Waals surface area contributed by atoms with Gasteiger partial charge >= 0.3 is 6.09 Å². The number of benzene rings is 2. The number of nitrogens with zero attached hydrogens (tertiary/aromatic N) is 2. The molecule has 0 radical (unpaired) electrons. The van der Waals surface area contributed by atoms with Crippen molar-refractivity contribution >= 4 is 22.7 Å². The van der Waals surface area contributed by atoms with Crippen molar-refractivity contribution in [1.82, 2.24) is 9.78 Å². The smallest absolute Gasteiger partial charge is 0.410 e. The number of ether oxygens (including phenoxy) is 1. The minimum absolute atomic E-state index is 0.503. The Bertz CT molecular complexity index is 750. The zero-order chi connectivity index (χ0) is 13.9. The van der Waals surface area contributed by atoms with Gasteiger partial charge in [0.1, 0.15) is 5.75 Å². The number of carbonyl (C=O) groups excluding carboxylic acids is 1. The van der Waals surface area contributed by atoms with Gasteiger partial charge in [0.2, 0.25) is 0 Å². The lowest BCUT2D eigenvalue weighted by molar-refractivity contribution is 0.215. The topological polar surface area (TPSA) is 56.2 Å². The Morgan fingerprint density at radius 3 is 2.75 bits per heavy atom. The monoisotopic (exact) mass is 267 g/mol. The number of aryl methyl sites for hydroxylation is 1. The summed E-state index contributed by atoms with van der Waals surface area (Å²) in [6.07, 6.45) is 1.19. The van der Waals surface area contributed by atoms with Crippen LogP contribution in [0.15, 0.2) is 54.7 Å². The first kappa shape index (κ1) is 12.2. The van der Waals surface area contributed by atoms with E-state index in [1.807, 2.05) is 43.4 Å². The summed E-state index contributed by atoms with van der Waals surface area (Å²) >= 11 is 0. The molecule has 0 unspecified atom stereocenters. The SMILES string of the molecule is Cn1ncc2c(NC(=O)Oc3ccccc3)cccc21. The van der Waals surface area contributed by atoms with Gasteiger partial charge in [0, 0.05) is 12.4 Å². The molecule has 3 rings (SSSR count). The van der Waals surface area contributed by atoms with Crippen molar-refractivity contribution in [3.8, 4) is 5.75 Å². The number of nitrogens with one attached hydrogen (secondary N) is 1. The minimum atomic E-state index is -0.521. The molecule has 1 heterocycles. The third-order valence-corrected chi connectivity index (χ3v) is 2.98. The van der Waals surface area contributed by atoms with Crippen molar-refractivity contribution in [3.63, 3.8) is 0 Å². The highest BCUT2D eigenvalue weighted by atomic mass is 16.6. The van der Waals surface area contributed by atoms with E-state index < -0.39 is 6.09 Å². The molecule has 3 aromatic rings. The summed E-state index contributed by atoms with van der Waals surface area (Å²) in [6, 6.07) is 14.6. The van der Waals surface area contributed by atoms with Gasteiger partial charge in [-0.15, -0.1) is 0 Å². The molecule has 100 valence electrons. The molecule has 0 bridgehead atoms. The van der Waals surface area contributed by atoms with Crippen LogP contribution in [0.5, 0.6) is 5.75 Å². The van der Waals surface area contributed by atoms with Crippen LogP contribution < -0.4 is 10.1 Å².